The fraction of sp³-hybridized carbons (Fsp3) is 0.312. The number of pyridine rings is 1. The number of benzene rings is 1. The van der Waals surface area contributed by atoms with Crippen molar-refractivity contribution in [2.24, 2.45) is 0 Å². The van der Waals surface area contributed by atoms with Crippen LogP contribution < -0.4 is 10.1 Å². The van der Waals surface area contributed by atoms with Crippen LogP contribution in [-0.2, 0) is 6.54 Å². The van der Waals surface area contributed by atoms with E-state index in [9.17, 15) is 4.39 Å². The van der Waals surface area contributed by atoms with Gasteiger partial charge in [-0.2, -0.15) is 0 Å². The van der Waals surface area contributed by atoms with Gasteiger partial charge in [0.15, 0.2) is 0 Å². The summed E-state index contributed by atoms with van der Waals surface area (Å²) in [5.41, 5.74) is 1.66. The summed E-state index contributed by atoms with van der Waals surface area (Å²) < 4.78 is 18.9. The van der Waals surface area contributed by atoms with E-state index in [0.717, 1.165) is 12.1 Å². The number of halogens is 1. The molecule has 0 amide bonds. The van der Waals surface area contributed by atoms with Crippen LogP contribution in [0.4, 0.5) is 4.39 Å². The average Bonchev–Trinajstić information content (AvgIpc) is 3.25. The van der Waals surface area contributed by atoms with Gasteiger partial charge >= 0.3 is 0 Å². The molecule has 1 aliphatic carbocycles. The molecule has 0 spiro atoms. The van der Waals surface area contributed by atoms with Crippen molar-refractivity contribution < 1.29 is 9.13 Å². The highest BCUT2D eigenvalue weighted by atomic mass is 19.1. The summed E-state index contributed by atoms with van der Waals surface area (Å²) in [6.07, 6.45) is 6.02. The molecule has 0 unspecified atom stereocenters. The Labute approximate surface area is 117 Å². The lowest BCUT2D eigenvalue weighted by atomic mass is 10.2. The van der Waals surface area contributed by atoms with E-state index in [1.165, 1.54) is 18.9 Å². The second kappa shape index (κ2) is 5.59. The molecule has 3 nitrogen and oxygen atoms in total. The highest BCUT2D eigenvalue weighted by Gasteiger charge is 2.19. The Morgan fingerprint density at radius 2 is 2.10 bits per heavy atom. The lowest BCUT2D eigenvalue weighted by Gasteiger charge is -2.08. The summed E-state index contributed by atoms with van der Waals surface area (Å²) >= 11 is 0. The van der Waals surface area contributed by atoms with Crippen LogP contribution in [0.15, 0.2) is 36.7 Å². The number of hydrogen-bond acceptors (Lipinski definition) is 3. The molecule has 1 N–H and O–H groups in total. The molecule has 1 aromatic heterocycles. The van der Waals surface area contributed by atoms with Crippen LogP contribution in [0.5, 0.6) is 11.5 Å². The van der Waals surface area contributed by atoms with Gasteiger partial charge in [-0.1, -0.05) is 0 Å². The molecule has 1 aromatic carbocycles. The molecule has 1 fully saturated rings. The van der Waals surface area contributed by atoms with Crippen molar-refractivity contribution in [3.05, 3.63) is 53.6 Å². The molecule has 1 heterocycles. The van der Waals surface area contributed by atoms with Crippen LogP contribution in [0.25, 0.3) is 0 Å². The molecule has 104 valence electrons. The Morgan fingerprint density at radius 1 is 1.25 bits per heavy atom. The molecule has 1 aliphatic rings. The number of ether oxygens (including phenoxy) is 1. The van der Waals surface area contributed by atoms with E-state index in [4.69, 9.17) is 4.74 Å². The Bertz CT molecular complexity index is 611. The summed E-state index contributed by atoms with van der Waals surface area (Å²) in [5.74, 6) is 1.07. The quantitative estimate of drug-likeness (QED) is 0.903. The van der Waals surface area contributed by atoms with Crippen molar-refractivity contribution in [2.45, 2.75) is 32.4 Å². The highest BCUT2D eigenvalue weighted by molar-refractivity contribution is 5.34. The zero-order chi connectivity index (χ0) is 13.9. The van der Waals surface area contributed by atoms with E-state index in [2.05, 4.69) is 10.3 Å². The molecule has 0 bridgehead atoms. The van der Waals surface area contributed by atoms with Gasteiger partial charge in [0, 0.05) is 18.8 Å². The number of hydrogen-bond donors (Lipinski definition) is 1. The van der Waals surface area contributed by atoms with Crippen molar-refractivity contribution in [3.63, 3.8) is 0 Å². The van der Waals surface area contributed by atoms with Crippen LogP contribution in [0, 0.1) is 12.7 Å². The largest absolute Gasteiger partial charge is 0.456 e. The summed E-state index contributed by atoms with van der Waals surface area (Å²) in [7, 11) is 0. The van der Waals surface area contributed by atoms with E-state index in [1.54, 1.807) is 25.3 Å². The lowest BCUT2D eigenvalue weighted by molar-refractivity contribution is 0.476. The summed E-state index contributed by atoms with van der Waals surface area (Å²) in [6, 6.07) is 7.35. The maximum atomic E-state index is 13.2. The van der Waals surface area contributed by atoms with Gasteiger partial charge in [-0.3, -0.25) is 4.98 Å². The van der Waals surface area contributed by atoms with Crippen molar-refractivity contribution >= 4 is 0 Å². The monoisotopic (exact) mass is 272 g/mol. The summed E-state index contributed by atoms with van der Waals surface area (Å²) in [5, 5.41) is 3.44. The first-order chi connectivity index (χ1) is 9.70. The van der Waals surface area contributed by atoms with E-state index < -0.39 is 0 Å². The number of aryl methyl sites for hydroxylation is 1. The minimum absolute atomic E-state index is 0.224. The van der Waals surface area contributed by atoms with Gasteiger partial charge < -0.3 is 10.1 Å². The molecule has 1 saturated carbocycles. The van der Waals surface area contributed by atoms with E-state index in [1.807, 2.05) is 12.3 Å². The van der Waals surface area contributed by atoms with E-state index in [0.29, 0.717) is 23.1 Å². The molecule has 4 heteroatoms. The van der Waals surface area contributed by atoms with Gasteiger partial charge in [0.25, 0.3) is 0 Å². The maximum Gasteiger partial charge on any atom is 0.146 e. The van der Waals surface area contributed by atoms with Crippen LogP contribution in [0.3, 0.4) is 0 Å². The van der Waals surface area contributed by atoms with Gasteiger partial charge in [0.2, 0.25) is 0 Å². The van der Waals surface area contributed by atoms with Crippen LogP contribution in [0.1, 0.15) is 24.0 Å². The SMILES string of the molecule is Cc1cc(Oc2cncc(CNC3CC3)c2)ccc1F. The van der Waals surface area contributed by atoms with Crippen LogP contribution >= 0.6 is 0 Å². The third kappa shape index (κ3) is 3.33. The Morgan fingerprint density at radius 3 is 2.85 bits per heavy atom. The smallest absolute Gasteiger partial charge is 0.146 e. The van der Waals surface area contributed by atoms with Gasteiger partial charge in [0.05, 0.1) is 6.20 Å². The molecule has 0 saturated heterocycles. The number of rotatable bonds is 5. The predicted molar refractivity (Wildman–Crippen MR) is 75.3 cm³/mol. The summed E-state index contributed by atoms with van der Waals surface area (Å²) in [6.45, 7) is 2.52. The molecule has 2 aromatic rings. The minimum Gasteiger partial charge on any atom is -0.456 e. The first kappa shape index (κ1) is 13.1. The van der Waals surface area contributed by atoms with Gasteiger partial charge in [-0.05, 0) is 55.2 Å². The molecule has 0 atom stereocenters. The second-order valence-corrected chi connectivity index (χ2v) is 5.20. The minimum atomic E-state index is -0.224. The normalized spacial score (nSPS) is 14.3. The zero-order valence-electron chi connectivity index (χ0n) is 11.4. The lowest BCUT2D eigenvalue weighted by Crippen LogP contribution is -2.15. The first-order valence-electron chi connectivity index (χ1n) is 6.82. The molecule has 0 radical (unpaired) electrons. The van der Waals surface area contributed by atoms with Crippen LogP contribution in [-0.4, -0.2) is 11.0 Å². The molecule has 20 heavy (non-hydrogen) atoms. The number of nitrogens with zero attached hydrogens (tertiary/aromatic N) is 1. The maximum absolute atomic E-state index is 13.2. The fourth-order valence-corrected chi connectivity index (χ4v) is 1.98. The van der Waals surface area contributed by atoms with E-state index >= 15 is 0 Å². The average molecular weight is 272 g/mol. The van der Waals surface area contributed by atoms with Gasteiger partial charge in [-0.25, -0.2) is 4.39 Å². The third-order valence-electron chi connectivity index (χ3n) is 3.31. The molecule has 3 rings (SSSR count). The van der Waals surface area contributed by atoms with Crippen molar-refractivity contribution in [1.82, 2.24) is 10.3 Å². The highest BCUT2D eigenvalue weighted by Crippen LogP contribution is 2.24. The molecular formula is C16H17FN2O. The third-order valence-corrected chi connectivity index (χ3v) is 3.31. The van der Waals surface area contributed by atoms with Crippen molar-refractivity contribution in [2.75, 3.05) is 0 Å². The fourth-order valence-electron chi connectivity index (χ4n) is 1.98. The number of nitrogens with one attached hydrogen (secondary N) is 1. The van der Waals surface area contributed by atoms with Crippen molar-refractivity contribution in [3.8, 4) is 11.5 Å². The first-order valence-corrected chi connectivity index (χ1v) is 6.82. The summed E-state index contributed by atoms with van der Waals surface area (Å²) in [4.78, 5) is 4.18. The standard InChI is InChI=1S/C16H17FN2O/c1-11-6-14(4-5-16(11)17)20-15-7-12(8-18-10-15)9-19-13-2-3-13/h4-8,10,13,19H,2-3,9H2,1H3. The predicted octanol–water partition coefficient (Wildman–Crippen LogP) is 3.57. The topological polar surface area (TPSA) is 34.1 Å². The Kier molecular flexibility index (Phi) is 3.65. The zero-order valence-corrected chi connectivity index (χ0v) is 11.4. The molecular weight excluding hydrogens is 255 g/mol. The van der Waals surface area contributed by atoms with Gasteiger partial charge in [-0.15, -0.1) is 0 Å². The second-order valence-electron chi connectivity index (χ2n) is 5.20. The Balaban J connectivity index is 1.69. The van der Waals surface area contributed by atoms with Gasteiger partial charge in [0.1, 0.15) is 17.3 Å². The number of aromatic nitrogens is 1. The Hall–Kier alpha value is -1.94. The van der Waals surface area contributed by atoms with Crippen LogP contribution in [0.2, 0.25) is 0 Å². The van der Waals surface area contributed by atoms with E-state index in [-0.39, 0.29) is 5.82 Å². The van der Waals surface area contributed by atoms with Crippen molar-refractivity contribution in [1.29, 1.82) is 0 Å². The molecule has 0 aliphatic heterocycles.